The number of hydrogen-bond donors (Lipinski definition) is 1. The van der Waals surface area contributed by atoms with Crippen LogP contribution in [-0.2, 0) is 16.8 Å². The van der Waals surface area contributed by atoms with E-state index in [9.17, 15) is 9.90 Å². The van der Waals surface area contributed by atoms with Crippen molar-refractivity contribution in [2.24, 2.45) is 5.92 Å². The fourth-order valence-corrected chi connectivity index (χ4v) is 2.42. The van der Waals surface area contributed by atoms with Gasteiger partial charge in [0.05, 0.1) is 6.04 Å². The smallest absolute Gasteiger partial charge is 0.239 e. The number of amides is 1. The first-order valence-corrected chi connectivity index (χ1v) is 7.79. The molecule has 0 saturated carbocycles. The van der Waals surface area contributed by atoms with Crippen LogP contribution < -0.4 is 10.4 Å². The van der Waals surface area contributed by atoms with Gasteiger partial charge >= 0.3 is 0 Å². The minimum Gasteiger partial charge on any atom is -0.872 e. The van der Waals surface area contributed by atoms with Crippen LogP contribution in [0.4, 0.5) is 0 Å². The summed E-state index contributed by atoms with van der Waals surface area (Å²) in [6.45, 7) is 10.5. The molecule has 4 heteroatoms. The van der Waals surface area contributed by atoms with Crippen LogP contribution in [-0.4, -0.2) is 30.9 Å². The normalized spacial score (nSPS) is 13.3. The van der Waals surface area contributed by atoms with Crippen molar-refractivity contribution in [3.8, 4) is 5.75 Å². The lowest BCUT2D eigenvalue weighted by Crippen LogP contribution is -2.46. The molecular formula is C18H29N2O2-. The second-order valence-electron chi connectivity index (χ2n) is 7.38. The van der Waals surface area contributed by atoms with E-state index in [0.717, 1.165) is 5.56 Å². The van der Waals surface area contributed by atoms with E-state index >= 15 is 0 Å². The third-order valence-corrected chi connectivity index (χ3v) is 3.79. The fourth-order valence-electron chi connectivity index (χ4n) is 2.42. The monoisotopic (exact) mass is 305 g/mol. The zero-order valence-corrected chi connectivity index (χ0v) is 14.9. The summed E-state index contributed by atoms with van der Waals surface area (Å²) in [6.07, 6.45) is 0. The lowest BCUT2D eigenvalue weighted by atomic mass is 9.85. The summed E-state index contributed by atoms with van der Waals surface area (Å²) in [4.78, 5) is 13.8. The molecule has 0 aliphatic rings. The molecule has 0 saturated heterocycles. The second-order valence-corrected chi connectivity index (χ2v) is 7.38. The summed E-state index contributed by atoms with van der Waals surface area (Å²) in [5.74, 6) is 0.271. The quantitative estimate of drug-likeness (QED) is 0.908. The van der Waals surface area contributed by atoms with Crippen molar-refractivity contribution < 1.29 is 9.90 Å². The number of para-hydroxylation sites is 1. The number of hydrogen-bond acceptors (Lipinski definition) is 3. The van der Waals surface area contributed by atoms with Crippen LogP contribution in [0.3, 0.4) is 0 Å². The van der Waals surface area contributed by atoms with E-state index in [1.54, 1.807) is 19.0 Å². The summed E-state index contributed by atoms with van der Waals surface area (Å²) in [7, 11) is 3.50. The van der Waals surface area contributed by atoms with Crippen molar-refractivity contribution in [1.82, 2.24) is 10.2 Å². The lowest BCUT2D eigenvalue weighted by Gasteiger charge is -2.30. The van der Waals surface area contributed by atoms with Gasteiger partial charge in [-0.05, 0) is 16.9 Å². The Kier molecular flexibility index (Phi) is 6.00. The molecule has 0 bridgehead atoms. The molecule has 0 heterocycles. The first-order valence-electron chi connectivity index (χ1n) is 7.79. The maximum atomic E-state index is 12.6. The van der Waals surface area contributed by atoms with Crippen LogP contribution in [0, 0.1) is 5.92 Å². The van der Waals surface area contributed by atoms with E-state index < -0.39 is 0 Å². The van der Waals surface area contributed by atoms with Crippen molar-refractivity contribution in [1.29, 1.82) is 0 Å². The highest BCUT2D eigenvalue weighted by atomic mass is 16.3. The Labute approximate surface area is 134 Å². The first kappa shape index (κ1) is 18.5. The minimum absolute atomic E-state index is 0.0365. The maximum absolute atomic E-state index is 12.6. The van der Waals surface area contributed by atoms with Gasteiger partial charge < -0.3 is 15.3 Å². The molecule has 0 fully saturated rings. The maximum Gasteiger partial charge on any atom is 0.239 e. The molecule has 1 atom stereocenters. The summed E-state index contributed by atoms with van der Waals surface area (Å²) in [5.41, 5.74) is 1.35. The highest BCUT2D eigenvalue weighted by molar-refractivity contribution is 5.81. The standard InChI is InChI=1S/C18H30N2O2/c1-12(2)15(17(22)20(6)7)19-11-13-9-8-10-14(16(13)21)18(3,4)5/h8-10,12,15,19,21H,11H2,1-7H3/p-1/t15-/m0/s1. The molecule has 1 amide bonds. The Morgan fingerprint density at radius 3 is 2.32 bits per heavy atom. The molecule has 1 rings (SSSR count). The molecule has 1 aromatic carbocycles. The zero-order valence-electron chi connectivity index (χ0n) is 14.9. The Bertz CT molecular complexity index is 516. The van der Waals surface area contributed by atoms with Gasteiger partial charge in [-0.25, -0.2) is 0 Å². The molecule has 0 aromatic heterocycles. The van der Waals surface area contributed by atoms with Gasteiger partial charge in [-0.2, -0.15) is 0 Å². The van der Waals surface area contributed by atoms with Gasteiger partial charge in [0.1, 0.15) is 0 Å². The average molecular weight is 305 g/mol. The van der Waals surface area contributed by atoms with Crippen LogP contribution in [0.25, 0.3) is 0 Å². The Hall–Kier alpha value is -1.55. The van der Waals surface area contributed by atoms with Gasteiger partial charge in [-0.15, -0.1) is 5.75 Å². The third kappa shape index (κ3) is 4.47. The van der Waals surface area contributed by atoms with E-state index in [1.807, 2.05) is 52.8 Å². The van der Waals surface area contributed by atoms with E-state index in [-0.39, 0.29) is 29.0 Å². The van der Waals surface area contributed by atoms with E-state index in [0.29, 0.717) is 12.1 Å². The van der Waals surface area contributed by atoms with Crippen molar-refractivity contribution in [3.05, 3.63) is 29.3 Å². The number of benzene rings is 1. The molecule has 22 heavy (non-hydrogen) atoms. The summed E-state index contributed by atoms with van der Waals surface area (Å²) in [6, 6.07) is 5.35. The minimum atomic E-state index is -0.285. The summed E-state index contributed by atoms with van der Waals surface area (Å²) in [5, 5.41) is 15.8. The van der Waals surface area contributed by atoms with E-state index in [1.165, 1.54) is 0 Å². The zero-order chi connectivity index (χ0) is 17.1. The molecule has 0 unspecified atom stereocenters. The summed E-state index contributed by atoms with van der Waals surface area (Å²) >= 11 is 0. The van der Waals surface area contributed by atoms with E-state index in [4.69, 9.17) is 0 Å². The van der Waals surface area contributed by atoms with Crippen LogP contribution in [0.1, 0.15) is 45.7 Å². The molecule has 1 N–H and O–H groups in total. The number of nitrogens with zero attached hydrogens (tertiary/aromatic N) is 1. The molecular weight excluding hydrogens is 276 g/mol. The predicted octanol–water partition coefficient (Wildman–Crippen LogP) is 2.26. The lowest BCUT2D eigenvalue weighted by molar-refractivity contribution is -0.271. The highest BCUT2D eigenvalue weighted by Gasteiger charge is 2.23. The predicted molar refractivity (Wildman–Crippen MR) is 88.7 cm³/mol. The topological polar surface area (TPSA) is 55.4 Å². The largest absolute Gasteiger partial charge is 0.872 e. The number of carbonyl (C=O) groups is 1. The van der Waals surface area contributed by atoms with Crippen LogP contribution in [0.5, 0.6) is 5.75 Å². The Balaban J connectivity index is 2.94. The van der Waals surface area contributed by atoms with Crippen LogP contribution >= 0.6 is 0 Å². The second kappa shape index (κ2) is 7.14. The molecule has 0 radical (unpaired) electrons. The van der Waals surface area contributed by atoms with Crippen LogP contribution in [0.15, 0.2) is 18.2 Å². The Morgan fingerprint density at radius 2 is 1.86 bits per heavy atom. The van der Waals surface area contributed by atoms with Crippen molar-refractivity contribution in [3.63, 3.8) is 0 Å². The first-order chi connectivity index (χ1) is 10.1. The van der Waals surface area contributed by atoms with Gasteiger partial charge in [0.15, 0.2) is 0 Å². The molecule has 0 aliphatic carbocycles. The van der Waals surface area contributed by atoms with Gasteiger partial charge in [-0.3, -0.25) is 4.79 Å². The van der Waals surface area contributed by atoms with Crippen molar-refractivity contribution in [2.75, 3.05) is 14.1 Å². The molecule has 4 nitrogen and oxygen atoms in total. The van der Waals surface area contributed by atoms with Gasteiger partial charge in [-0.1, -0.05) is 58.4 Å². The molecule has 1 aromatic rings. The van der Waals surface area contributed by atoms with E-state index in [2.05, 4.69) is 5.32 Å². The van der Waals surface area contributed by atoms with Gasteiger partial charge in [0.2, 0.25) is 5.91 Å². The van der Waals surface area contributed by atoms with Crippen molar-refractivity contribution >= 4 is 5.91 Å². The van der Waals surface area contributed by atoms with Crippen molar-refractivity contribution in [2.45, 2.75) is 52.6 Å². The summed E-state index contributed by atoms with van der Waals surface area (Å²) < 4.78 is 0. The van der Waals surface area contributed by atoms with Gasteiger partial charge in [0.25, 0.3) is 0 Å². The highest BCUT2D eigenvalue weighted by Crippen LogP contribution is 2.31. The number of carbonyl (C=O) groups excluding carboxylic acids is 1. The average Bonchev–Trinajstić information content (AvgIpc) is 2.38. The third-order valence-electron chi connectivity index (χ3n) is 3.79. The number of nitrogens with one attached hydrogen (secondary N) is 1. The van der Waals surface area contributed by atoms with Gasteiger partial charge in [0, 0.05) is 20.6 Å². The number of rotatable bonds is 5. The fraction of sp³-hybridized carbons (Fsp3) is 0.611. The molecule has 0 aliphatic heterocycles. The Morgan fingerprint density at radius 1 is 1.27 bits per heavy atom. The molecule has 0 spiro atoms. The number of likely N-dealkylation sites (N-methyl/N-ethyl adjacent to an activating group) is 1. The molecule has 124 valence electrons. The SMILES string of the molecule is CC(C)[C@H](NCc1cccc(C(C)(C)C)c1[O-])C(=O)N(C)C. The van der Waals surface area contributed by atoms with Crippen LogP contribution in [0.2, 0.25) is 0 Å².